The van der Waals surface area contributed by atoms with Gasteiger partial charge in [0.25, 0.3) is 0 Å². The maximum absolute atomic E-state index is 6.39. The van der Waals surface area contributed by atoms with E-state index >= 15 is 0 Å². The van der Waals surface area contributed by atoms with Crippen molar-refractivity contribution in [3.63, 3.8) is 0 Å². The minimum Gasteiger partial charge on any atom is -0.346 e. The van der Waals surface area contributed by atoms with Crippen molar-refractivity contribution in [2.75, 3.05) is 13.2 Å². The minimum absolute atomic E-state index is 0.413. The van der Waals surface area contributed by atoms with E-state index in [0.717, 1.165) is 0 Å². The molecule has 1 aromatic carbocycles. The smallest absolute Gasteiger partial charge is 0.197 e. The van der Waals surface area contributed by atoms with Crippen molar-refractivity contribution in [2.45, 2.75) is 97.7 Å². The van der Waals surface area contributed by atoms with Crippen molar-refractivity contribution >= 4 is 0 Å². The van der Waals surface area contributed by atoms with E-state index in [9.17, 15) is 0 Å². The molecular weight excluding hydrogens is 320 g/mol. The summed E-state index contributed by atoms with van der Waals surface area (Å²) >= 11 is 0. The van der Waals surface area contributed by atoms with Gasteiger partial charge in [-0.2, -0.15) is 0 Å². The number of hydrogen-bond donors (Lipinski definition) is 0. The van der Waals surface area contributed by atoms with Gasteiger partial charge in [0.2, 0.25) is 0 Å². The summed E-state index contributed by atoms with van der Waals surface area (Å²) in [6, 6.07) is 10.6. The first-order valence-corrected chi connectivity index (χ1v) is 11.1. The van der Waals surface area contributed by atoms with Crippen LogP contribution in [0.15, 0.2) is 30.3 Å². The summed E-state index contributed by atoms with van der Waals surface area (Å²) in [5, 5.41) is 0. The molecule has 1 unspecified atom stereocenters. The van der Waals surface area contributed by atoms with Crippen LogP contribution < -0.4 is 0 Å². The van der Waals surface area contributed by atoms with Crippen molar-refractivity contribution in [3.05, 3.63) is 35.9 Å². The van der Waals surface area contributed by atoms with Crippen LogP contribution in [0.4, 0.5) is 0 Å². The Balaban J connectivity index is 2.92. The first-order chi connectivity index (χ1) is 12.7. The van der Waals surface area contributed by atoms with Gasteiger partial charge in [-0.05, 0) is 26.7 Å². The summed E-state index contributed by atoms with van der Waals surface area (Å²) in [6.07, 6.45) is 12.8. The second-order valence-corrected chi connectivity index (χ2v) is 7.30. The predicted molar refractivity (Wildman–Crippen MR) is 112 cm³/mol. The third kappa shape index (κ3) is 7.40. The fourth-order valence-electron chi connectivity index (χ4n) is 3.93. The number of ether oxygens (including phenoxy) is 2. The molecule has 0 aliphatic rings. The Morgan fingerprint density at radius 3 is 1.81 bits per heavy atom. The van der Waals surface area contributed by atoms with E-state index in [1.165, 1.54) is 69.8 Å². The lowest BCUT2D eigenvalue weighted by Gasteiger charge is -2.41. The van der Waals surface area contributed by atoms with E-state index in [1.54, 1.807) is 0 Å². The molecule has 1 atom stereocenters. The van der Waals surface area contributed by atoms with Crippen LogP contribution in [0.3, 0.4) is 0 Å². The average molecular weight is 363 g/mol. The summed E-state index contributed by atoms with van der Waals surface area (Å²) < 4.78 is 12.8. The molecule has 0 heterocycles. The quantitative estimate of drug-likeness (QED) is 0.224. The number of rotatable bonds is 16. The highest BCUT2D eigenvalue weighted by atomic mass is 16.7. The van der Waals surface area contributed by atoms with Crippen LogP contribution in [-0.4, -0.2) is 13.2 Å². The Labute approximate surface area is 162 Å². The van der Waals surface area contributed by atoms with Gasteiger partial charge < -0.3 is 9.47 Å². The fourth-order valence-corrected chi connectivity index (χ4v) is 3.93. The van der Waals surface area contributed by atoms with Crippen LogP contribution >= 0.6 is 0 Å². The van der Waals surface area contributed by atoms with Crippen molar-refractivity contribution in [2.24, 2.45) is 5.92 Å². The lowest BCUT2D eigenvalue weighted by molar-refractivity contribution is -0.277. The van der Waals surface area contributed by atoms with E-state index in [4.69, 9.17) is 9.47 Å². The molecule has 0 spiro atoms. The second kappa shape index (κ2) is 14.2. The molecule has 26 heavy (non-hydrogen) atoms. The molecule has 0 fully saturated rings. The second-order valence-electron chi connectivity index (χ2n) is 7.30. The van der Waals surface area contributed by atoms with E-state index in [-0.39, 0.29) is 0 Å². The van der Waals surface area contributed by atoms with E-state index < -0.39 is 5.79 Å². The van der Waals surface area contributed by atoms with Gasteiger partial charge in [-0.3, -0.25) is 0 Å². The molecular formula is C24H42O2. The van der Waals surface area contributed by atoms with Gasteiger partial charge in [0.1, 0.15) is 0 Å². The predicted octanol–water partition coefficient (Wildman–Crippen LogP) is 7.47. The average Bonchev–Trinajstić information content (AvgIpc) is 2.67. The zero-order valence-electron chi connectivity index (χ0n) is 17.8. The maximum Gasteiger partial charge on any atom is 0.197 e. The van der Waals surface area contributed by atoms with Gasteiger partial charge in [0.15, 0.2) is 5.79 Å². The third-order valence-corrected chi connectivity index (χ3v) is 5.24. The molecule has 0 radical (unpaired) electrons. The topological polar surface area (TPSA) is 18.5 Å². The Bertz CT molecular complexity index is 423. The molecule has 0 amide bonds. The molecule has 1 rings (SSSR count). The van der Waals surface area contributed by atoms with Crippen molar-refractivity contribution in [3.8, 4) is 0 Å². The molecule has 0 aromatic heterocycles. The fraction of sp³-hybridized carbons (Fsp3) is 0.750. The van der Waals surface area contributed by atoms with Gasteiger partial charge in [-0.25, -0.2) is 0 Å². The van der Waals surface area contributed by atoms with Crippen LogP contribution in [0.1, 0.15) is 97.5 Å². The summed E-state index contributed by atoms with van der Waals surface area (Å²) in [5.41, 5.74) is 1.18. The standard InChI is InChI=1S/C24H42O2/c1-5-9-11-12-13-15-19-22(18-10-6-2)24(25-7-3,26-8-4)23-20-16-14-17-21-23/h14,16-17,20-22H,5-13,15,18-19H2,1-4H3. The molecule has 1 aromatic rings. The van der Waals surface area contributed by atoms with Crippen molar-refractivity contribution < 1.29 is 9.47 Å². The summed E-state index contributed by atoms with van der Waals surface area (Å²) in [5.74, 6) is -0.181. The van der Waals surface area contributed by atoms with Crippen LogP contribution in [0.5, 0.6) is 0 Å². The molecule has 2 heteroatoms. The molecule has 0 bridgehead atoms. The molecule has 0 saturated carbocycles. The SMILES string of the molecule is CCCCCCCCC(CCCC)C(OCC)(OCC)c1ccccc1. The Morgan fingerprint density at radius 2 is 1.23 bits per heavy atom. The first kappa shape index (κ1) is 23.2. The summed E-state index contributed by atoms with van der Waals surface area (Å²) in [4.78, 5) is 0. The summed E-state index contributed by atoms with van der Waals surface area (Å²) in [7, 11) is 0. The van der Waals surface area contributed by atoms with Crippen molar-refractivity contribution in [1.29, 1.82) is 0 Å². The van der Waals surface area contributed by atoms with Crippen LogP contribution in [0.2, 0.25) is 0 Å². The number of benzene rings is 1. The van der Waals surface area contributed by atoms with Crippen molar-refractivity contribution in [1.82, 2.24) is 0 Å². The monoisotopic (exact) mass is 362 g/mol. The summed E-state index contributed by atoms with van der Waals surface area (Å²) in [6.45, 7) is 10.1. The Morgan fingerprint density at radius 1 is 0.692 bits per heavy atom. The minimum atomic E-state index is -0.594. The zero-order chi connectivity index (χ0) is 19.1. The number of unbranched alkanes of at least 4 members (excludes halogenated alkanes) is 6. The molecule has 2 nitrogen and oxygen atoms in total. The highest BCUT2D eigenvalue weighted by Crippen LogP contribution is 2.41. The molecule has 0 aliphatic carbocycles. The first-order valence-electron chi connectivity index (χ1n) is 11.1. The molecule has 0 N–H and O–H groups in total. The normalized spacial score (nSPS) is 13.1. The Kier molecular flexibility index (Phi) is 12.7. The molecule has 150 valence electrons. The van der Waals surface area contributed by atoms with Gasteiger partial charge in [-0.1, -0.05) is 95.5 Å². The lowest BCUT2D eigenvalue weighted by Crippen LogP contribution is -2.41. The van der Waals surface area contributed by atoms with Gasteiger partial charge in [0.05, 0.1) is 0 Å². The van der Waals surface area contributed by atoms with Crippen LogP contribution in [0, 0.1) is 5.92 Å². The molecule has 0 saturated heterocycles. The van der Waals surface area contributed by atoms with Crippen LogP contribution in [-0.2, 0) is 15.3 Å². The largest absolute Gasteiger partial charge is 0.346 e. The van der Waals surface area contributed by atoms with E-state index in [2.05, 4.69) is 58.0 Å². The lowest BCUT2D eigenvalue weighted by atomic mass is 9.83. The van der Waals surface area contributed by atoms with Gasteiger partial charge >= 0.3 is 0 Å². The Hall–Kier alpha value is -0.860. The third-order valence-electron chi connectivity index (χ3n) is 5.24. The molecule has 0 aliphatic heterocycles. The highest BCUT2D eigenvalue weighted by Gasteiger charge is 2.41. The maximum atomic E-state index is 6.39. The van der Waals surface area contributed by atoms with Crippen LogP contribution in [0.25, 0.3) is 0 Å². The van der Waals surface area contributed by atoms with E-state index in [1.807, 2.05) is 0 Å². The zero-order valence-corrected chi connectivity index (χ0v) is 17.8. The highest BCUT2D eigenvalue weighted by molar-refractivity contribution is 5.21. The number of hydrogen-bond acceptors (Lipinski definition) is 2. The van der Waals surface area contributed by atoms with Gasteiger partial charge in [-0.15, -0.1) is 0 Å². The van der Waals surface area contributed by atoms with E-state index in [0.29, 0.717) is 19.1 Å². The van der Waals surface area contributed by atoms with Gasteiger partial charge in [0, 0.05) is 24.7 Å².